The number of carbonyl (C=O) groups excluding carboxylic acids is 2. The van der Waals surface area contributed by atoms with E-state index in [0.29, 0.717) is 27.8 Å². The van der Waals surface area contributed by atoms with Crippen molar-refractivity contribution < 1.29 is 19.4 Å². The van der Waals surface area contributed by atoms with Crippen LogP contribution in [0.3, 0.4) is 0 Å². The molecule has 0 spiro atoms. The molecule has 1 aromatic heterocycles. The fourth-order valence-electron chi connectivity index (χ4n) is 3.26. The summed E-state index contributed by atoms with van der Waals surface area (Å²) in [5.74, 6) is -0.0255. The molecule has 4 aromatic rings. The minimum atomic E-state index is -0.441. The van der Waals surface area contributed by atoms with Crippen molar-refractivity contribution in [1.29, 1.82) is 0 Å². The number of carbonyl (C=O) groups is 2. The first-order chi connectivity index (χ1) is 16.5. The van der Waals surface area contributed by atoms with Gasteiger partial charge in [0, 0.05) is 11.4 Å². The van der Waals surface area contributed by atoms with Crippen LogP contribution >= 0.6 is 11.8 Å². The van der Waals surface area contributed by atoms with Gasteiger partial charge in [0.15, 0.2) is 11.0 Å². The first kappa shape index (κ1) is 23.1. The number of nitrogens with zero attached hydrogens (tertiary/aromatic N) is 3. The molecule has 0 fully saturated rings. The van der Waals surface area contributed by atoms with Crippen molar-refractivity contribution in [3.63, 3.8) is 0 Å². The maximum atomic E-state index is 12.6. The molecule has 4 rings (SSSR count). The second kappa shape index (κ2) is 10.2. The Bertz CT molecular complexity index is 1320. The Morgan fingerprint density at radius 3 is 2.38 bits per heavy atom. The quantitative estimate of drug-likeness (QED) is 0.301. The summed E-state index contributed by atoms with van der Waals surface area (Å²) in [5.41, 5.74) is 3.42. The van der Waals surface area contributed by atoms with Crippen LogP contribution in [0.25, 0.3) is 17.1 Å². The maximum absolute atomic E-state index is 12.6. The molecule has 0 radical (unpaired) electrons. The Kier molecular flexibility index (Phi) is 6.93. The summed E-state index contributed by atoms with van der Waals surface area (Å²) in [5, 5.41) is 22.3. The van der Waals surface area contributed by atoms with Crippen LogP contribution in [0.5, 0.6) is 5.75 Å². The Morgan fingerprint density at radius 1 is 1.00 bits per heavy atom. The predicted octanol–water partition coefficient (Wildman–Crippen LogP) is 4.47. The molecule has 0 saturated carbocycles. The lowest BCUT2D eigenvalue weighted by atomic mass is 10.1. The van der Waals surface area contributed by atoms with Crippen LogP contribution in [0.1, 0.15) is 15.9 Å². The SMILES string of the molecule is COC(=O)c1ccc(NC(=O)CSc2nnc(-c3ccccc3O)n2-c2ccc(C)cc2)cc1. The van der Waals surface area contributed by atoms with E-state index in [1.54, 1.807) is 42.5 Å². The molecule has 0 bridgehead atoms. The third-order valence-electron chi connectivity index (χ3n) is 4.99. The van der Waals surface area contributed by atoms with Gasteiger partial charge in [-0.2, -0.15) is 0 Å². The summed E-state index contributed by atoms with van der Waals surface area (Å²) >= 11 is 1.23. The second-order valence-corrected chi connectivity index (χ2v) is 8.34. The van der Waals surface area contributed by atoms with Crippen molar-refractivity contribution >= 4 is 29.3 Å². The largest absolute Gasteiger partial charge is 0.507 e. The molecule has 9 heteroatoms. The highest BCUT2D eigenvalue weighted by atomic mass is 32.2. The summed E-state index contributed by atoms with van der Waals surface area (Å²) in [6, 6.07) is 21.2. The number of thioether (sulfide) groups is 1. The monoisotopic (exact) mass is 474 g/mol. The van der Waals surface area contributed by atoms with Crippen LogP contribution in [0.15, 0.2) is 78.0 Å². The molecule has 172 valence electrons. The average Bonchev–Trinajstić information content (AvgIpc) is 3.27. The highest BCUT2D eigenvalue weighted by molar-refractivity contribution is 7.99. The third-order valence-corrected chi connectivity index (χ3v) is 5.92. The van der Waals surface area contributed by atoms with Gasteiger partial charge in [-0.1, -0.05) is 41.6 Å². The van der Waals surface area contributed by atoms with Crippen LogP contribution < -0.4 is 5.32 Å². The number of hydrogen-bond donors (Lipinski definition) is 2. The molecule has 1 heterocycles. The summed E-state index contributed by atoms with van der Waals surface area (Å²) in [7, 11) is 1.31. The summed E-state index contributed by atoms with van der Waals surface area (Å²) in [4.78, 5) is 24.1. The van der Waals surface area contributed by atoms with Crippen LogP contribution in [-0.4, -0.2) is 44.6 Å². The Balaban J connectivity index is 1.55. The maximum Gasteiger partial charge on any atom is 0.337 e. The van der Waals surface area contributed by atoms with Gasteiger partial charge in [-0.05, 0) is 55.5 Å². The zero-order valence-electron chi connectivity index (χ0n) is 18.6. The van der Waals surface area contributed by atoms with Gasteiger partial charge in [0.2, 0.25) is 5.91 Å². The van der Waals surface area contributed by atoms with E-state index >= 15 is 0 Å². The molecule has 2 N–H and O–H groups in total. The zero-order valence-corrected chi connectivity index (χ0v) is 19.4. The molecule has 3 aromatic carbocycles. The predicted molar refractivity (Wildman–Crippen MR) is 130 cm³/mol. The van der Waals surface area contributed by atoms with Crippen LogP contribution in [0, 0.1) is 6.92 Å². The van der Waals surface area contributed by atoms with Crippen molar-refractivity contribution in [2.45, 2.75) is 12.1 Å². The van der Waals surface area contributed by atoms with Gasteiger partial charge in [-0.25, -0.2) is 4.79 Å². The van der Waals surface area contributed by atoms with Crippen molar-refractivity contribution in [3.05, 3.63) is 83.9 Å². The van der Waals surface area contributed by atoms with E-state index < -0.39 is 5.97 Å². The van der Waals surface area contributed by atoms with Gasteiger partial charge in [-0.3, -0.25) is 9.36 Å². The van der Waals surface area contributed by atoms with Gasteiger partial charge < -0.3 is 15.2 Å². The number of rotatable bonds is 7. The Hall–Kier alpha value is -4.11. The van der Waals surface area contributed by atoms with E-state index in [0.717, 1.165) is 11.3 Å². The molecule has 34 heavy (non-hydrogen) atoms. The first-order valence-electron chi connectivity index (χ1n) is 10.4. The molecule has 0 aliphatic rings. The van der Waals surface area contributed by atoms with E-state index in [1.165, 1.54) is 18.9 Å². The number of amides is 1. The number of phenols is 1. The molecule has 0 aliphatic heterocycles. The van der Waals surface area contributed by atoms with E-state index in [-0.39, 0.29) is 17.4 Å². The first-order valence-corrected chi connectivity index (χ1v) is 11.4. The normalized spacial score (nSPS) is 10.6. The fourth-order valence-corrected chi connectivity index (χ4v) is 4.01. The van der Waals surface area contributed by atoms with Gasteiger partial charge in [0.1, 0.15) is 5.75 Å². The molecule has 0 saturated heterocycles. The molecular weight excluding hydrogens is 452 g/mol. The topological polar surface area (TPSA) is 106 Å². The number of para-hydroxylation sites is 1. The number of aromatic hydroxyl groups is 1. The number of aryl methyl sites for hydroxylation is 1. The van der Waals surface area contributed by atoms with Crippen LogP contribution in [-0.2, 0) is 9.53 Å². The lowest BCUT2D eigenvalue weighted by molar-refractivity contribution is -0.113. The standard InChI is InChI=1S/C25H22N4O4S/c1-16-7-13-19(14-8-16)29-23(20-5-3-4-6-21(20)30)27-28-25(29)34-15-22(31)26-18-11-9-17(10-12-18)24(32)33-2/h3-14,30H,15H2,1-2H3,(H,26,31). The number of anilines is 1. The van der Waals surface area contributed by atoms with Crippen molar-refractivity contribution in [2.75, 3.05) is 18.2 Å². The number of esters is 1. The van der Waals surface area contributed by atoms with E-state index in [2.05, 4.69) is 20.3 Å². The highest BCUT2D eigenvalue weighted by Crippen LogP contribution is 2.32. The van der Waals surface area contributed by atoms with Crippen molar-refractivity contribution in [1.82, 2.24) is 14.8 Å². The van der Waals surface area contributed by atoms with Crippen molar-refractivity contribution in [2.24, 2.45) is 0 Å². The van der Waals surface area contributed by atoms with E-state index in [1.807, 2.05) is 41.8 Å². The van der Waals surface area contributed by atoms with Gasteiger partial charge >= 0.3 is 5.97 Å². The summed E-state index contributed by atoms with van der Waals surface area (Å²) in [6.07, 6.45) is 0. The van der Waals surface area contributed by atoms with Gasteiger partial charge in [-0.15, -0.1) is 10.2 Å². The number of nitrogens with one attached hydrogen (secondary N) is 1. The number of benzene rings is 3. The highest BCUT2D eigenvalue weighted by Gasteiger charge is 2.19. The number of phenolic OH excluding ortho intramolecular Hbond substituents is 1. The van der Waals surface area contributed by atoms with E-state index in [4.69, 9.17) is 0 Å². The number of ether oxygens (including phenoxy) is 1. The zero-order chi connectivity index (χ0) is 24.1. The smallest absolute Gasteiger partial charge is 0.337 e. The lowest BCUT2D eigenvalue weighted by Crippen LogP contribution is -2.14. The molecule has 0 unspecified atom stereocenters. The second-order valence-electron chi connectivity index (χ2n) is 7.40. The number of aromatic nitrogens is 3. The summed E-state index contributed by atoms with van der Waals surface area (Å²) in [6.45, 7) is 2.00. The van der Waals surface area contributed by atoms with Gasteiger partial charge in [0.25, 0.3) is 0 Å². The average molecular weight is 475 g/mol. The molecule has 0 atom stereocenters. The molecular formula is C25H22N4O4S. The molecule has 1 amide bonds. The van der Waals surface area contributed by atoms with Gasteiger partial charge in [0.05, 0.1) is 24.0 Å². The Morgan fingerprint density at radius 2 is 1.71 bits per heavy atom. The minimum absolute atomic E-state index is 0.0868. The minimum Gasteiger partial charge on any atom is -0.507 e. The fraction of sp³-hybridized carbons (Fsp3) is 0.120. The lowest BCUT2D eigenvalue weighted by Gasteiger charge is -2.11. The third kappa shape index (κ3) is 5.10. The van der Waals surface area contributed by atoms with E-state index in [9.17, 15) is 14.7 Å². The van der Waals surface area contributed by atoms with Crippen LogP contribution in [0.4, 0.5) is 5.69 Å². The Labute approximate surface area is 200 Å². The van der Waals surface area contributed by atoms with Crippen LogP contribution in [0.2, 0.25) is 0 Å². The summed E-state index contributed by atoms with van der Waals surface area (Å²) < 4.78 is 6.50. The van der Waals surface area contributed by atoms with Crippen molar-refractivity contribution in [3.8, 4) is 22.8 Å². The number of hydrogen-bond acceptors (Lipinski definition) is 7. The molecule has 8 nitrogen and oxygen atoms in total. The molecule has 0 aliphatic carbocycles. The number of methoxy groups -OCH3 is 1.